The first-order valence-corrected chi connectivity index (χ1v) is 8.35. The second-order valence-electron chi connectivity index (χ2n) is 6.76. The minimum absolute atomic E-state index is 0.0202. The smallest absolute Gasteiger partial charge is 0.310 e. The summed E-state index contributed by atoms with van der Waals surface area (Å²) in [5, 5.41) is 0. The van der Waals surface area contributed by atoms with Crippen LogP contribution in [0.15, 0.2) is 23.0 Å². The van der Waals surface area contributed by atoms with Gasteiger partial charge in [0.15, 0.2) is 0 Å². The van der Waals surface area contributed by atoms with Crippen LogP contribution in [0.3, 0.4) is 0 Å². The third kappa shape index (κ3) is 3.65. The van der Waals surface area contributed by atoms with E-state index in [0.29, 0.717) is 30.0 Å². The SMILES string of the molecule is CC(C)c1nc2c(c(=O)[nH]1)CCN(Cc1c(F)cccc1C(F)(F)F)C2. The van der Waals surface area contributed by atoms with E-state index in [1.165, 1.54) is 0 Å². The first kappa shape index (κ1) is 18.6. The number of halogens is 4. The fraction of sp³-hybridized carbons (Fsp3) is 0.444. The molecule has 0 unspecified atom stereocenters. The van der Waals surface area contributed by atoms with Crippen molar-refractivity contribution in [3.63, 3.8) is 0 Å². The van der Waals surface area contributed by atoms with Gasteiger partial charge in [-0.15, -0.1) is 0 Å². The molecule has 2 aromatic rings. The van der Waals surface area contributed by atoms with Crippen LogP contribution in [0.2, 0.25) is 0 Å². The Kier molecular flexibility index (Phi) is 4.88. The molecule has 0 aliphatic carbocycles. The van der Waals surface area contributed by atoms with Gasteiger partial charge in [-0.05, 0) is 18.6 Å². The molecule has 0 saturated carbocycles. The lowest BCUT2D eigenvalue weighted by Gasteiger charge is -2.29. The Balaban J connectivity index is 1.90. The molecule has 0 amide bonds. The number of rotatable bonds is 3. The molecule has 26 heavy (non-hydrogen) atoms. The van der Waals surface area contributed by atoms with E-state index in [1.807, 2.05) is 13.8 Å². The van der Waals surface area contributed by atoms with Crippen molar-refractivity contribution in [2.75, 3.05) is 6.54 Å². The highest BCUT2D eigenvalue weighted by atomic mass is 19.4. The molecule has 1 aromatic heterocycles. The number of aromatic nitrogens is 2. The highest BCUT2D eigenvalue weighted by molar-refractivity contribution is 5.31. The summed E-state index contributed by atoms with van der Waals surface area (Å²) in [6.45, 7) is 4.17. The normalized spacial score (nSPS) is 15.3. The molecule has 0 spiro atoms. The Bertz CT molecular complexity index is 874. The molecule has 1 aliphatic heterocycles. The van der Waals surface area contributed by atoms with E-state index < -0.39 is 17.6 Å². The lowest BCUT2D eigenvalue weighted by Crippen LogP contribution is -2.36. The Morgan fingerprint density at radius 3 is 2.69 bits per heavy atom. The molecule has 1 N–H and O–H groups in total. The zero-order valence-corrected chi connectivity index (χ0v) is 14.5. The molecule has 1 aromatic carbocycles. The Morgan fingerprint density at radius 2 is 2.04 bits per heavy atom. The number of benzene rings is 1. The molecule has 0 atom stereocenters. The van der Waals surface area contributed by atoms with Gasteiger partial charge in [0.1, 0.15) is 11.6 Å². The molecule has 0 bridgehead atoms. The van der Waals surface area contributed by atoms with E-state index in [9.17, 15) is 22.4 Å². The number of nitrogens with zero attached hydrogens (tertiary/aromatic N) is 2. The third-order valence-electron chi connectivity index (χ3n) is 4.52. The average Bonchev–Trinajstić information content (AvgIpc) is 2.55. The maximum absolute atomic E-state index is 14.1. The summed E-state index contributed by atoms with van der Waals surface area (Å²) in [6.07, 6.45) is -4.25. The van der Waals surface area contributed by atoms with Crippen LogP contribution in [0.5, 0.6) is 0 Å². The molecule has 0 radical (unpaired) electrons. The van der Waals surface area contributed by atoms with Crippen molar-refractivity contribution in [2.45, 2.75) is 45.5 Å². The molecular weight excluding hydrogens is 350 g/mol. The maximum Gasteiger partial charge on any atom is 0.416 e. The van der Waals surface area contributed by atoms with E-state index in [1.54, 1.807) is 4.90 Å². The zero-order chi connectivity index (χ0) is 19.1. The van der Waals surface area contributed by atoms with Crippen LogP contribution in [0.1, 0.15) is 48.0 Å². The number of fused-ring (bicyclic) bond motifs is 1. The van der Waals surface area contributed by atoms with Gasteiger partial charge in [0, 0.05) is 36.7 Å². The summed E-state index contributed by atoms with van der Waals surface area (Å²) < 4.78 is 53.6. The van der Waals surface area contributed by atoms with Crippen LogP contribution in [-0.2, 0) is 25.7 Å². The minimum atomic E-state index is -4.62. The number of H-pyrrole nitrogens is 1. The molecular formula is C18H19F4N3O. The highest BCUT2D eigenvalue weighted by Crippen LogP contribution is 2.34. The van der Waals surface area contributed by atoms with Crippen molar-refractivity contribution < 1.29 is 17.6 Å². The van der Waals surface area contributed by atoms with Gasteiger partial charge in [0.25, 0.3) is 5.56 Å². The van der Waals surface area contributed by atoms with Crippen LogP contribution >= 0.6 is 0 Å². The van der Waals surface area contributed by atoms with Crippen molar-refractivity contribution in [3.05, 3.63) is 62.6 Å². The number of alkyl halides is 3. The van der Waals surface area contributed by atoms with Crippen molar-refractivity contribution in [3.8, 4) is 0 Å². The molecule has 0 saturated heterocycles. The number of nitrogens with one attached hydrogen (secondary N) is 1. The number of hydrogen-bond donors (Lipinski definition) is 1. The summed E-state index contributed by atoms with van der Waals surface area (Å²) in [7, 11) is 0. The van der Waals surface area contributed by atoms with Crippen molar-refractivity contribution in [1.82, 2.24) is 14.9 Å². The standard InChI is InChI=1S/C18H19F4N3O/c1-10(2)16-23-15-9-25(7-6-11(15)17(26)24-16)8-12-13(18(20,21)22)4-3-5-14(12)19/h3-5,10H,6-9H2,1-2H3,(H,23,24,26). The molecule has 8 heteroatoms. The van der Waals surface area contributed by atoms with Crippen molar-refractivity contribution >= 4 is 0 Å². The highest BCUT2D eigenvalue weighted by Gasteiger charge is 2.35. The summed E-state index contributed by atoms with van der Waals surface area (Å²) in [6, 6.07) is 2.97. The van der Waals surface area contributed by atoms with Crippen LogP contribution in [0.4, 0.5) is 17.6 Å². The summed E-state index contributed by atoms with van der Waals surface area (Å²) >= 11 is 0. The van der Waals surface area contributed by atoms with Gasteiger partial charge >= 0.3 is 6.18 Å². The Labute approximate surface area is 147 Å². The lowest BCUT2D eigenvalue weighted by molar-refractivity contribution is -0.138. The van der Waals surface area contributed by atoms with Crippen LogP contribution in [0.25, 0.3) is 0 Å². The predicted molar refractivity (Wildman–Crippen MR) is 88.2 cm³/mol. The zero-order valence-electron chi connectivity index (χ0n) is 14.5. The molecule has 0 fully saturated rings. The second-order valence-corrected chi connectivity index (χ2v) is 6.76. The summed E-state index contributed by atoms with van der Waals surface area (Å²) in [5.41, 5.74) is -0.452. The van der Waals surface area contributed by atoms with Gasteiger partial charge in [0.2, 0.25) is 0 Å². The van der Waals surface area contributed by atoms with E-state index in [4.69, 9.17) is 0 Å². The number of aromatic amines is 1. The molecule has 1 aliphatic rings. The van der Waals surface area contributed by atoms with Gasteiger partial charge in [0.05, 0.1) is 11.3 Å². The third-order valence-corrected chi connectivity index (χ3v) is 4.52. The van der Waals surface area contributed by atoms with E-state index in [-0.39, 0.29) is 30.1 Å². The molecule has 3 rings (SSSR count). The van der Waals surface area contributed by atoms with Gasteiger partial charge in [-0.1, -0.05) is 19.9 Å². The molecule has 2 heterocycles. The van der Waals surface area contributed by atoms with Crippen LogP contribution in [0, 0.1) is 5.82 Å². The lowest BCUT2D eigenvalue weighted by atomic mass is 10.0. The van der Waals surface area contributed by atoms with Gasteiger partial charge < -0.3 is 4.98 Å². The Morgan fingerprint density at radius 1 is 1.31 bits per heavy atom. The second kappa shape index (κ2) is 6.83. The molecule has 4 nitrogen and oxygen atoms in total. The minimum Gasteiger partial charge on any atom is -0.310 e. The molecule has 140 valence electrons. The van der Waals surface area contributed by atoms with Gasteiger partial charge in [-0.3, -0.25) is 9.69 Å². The monoisotopic (exact) mass is 369 g/mol. The number of hydrogen-bond acceptors (Lipinski definition) is 3. The summed E-state index contributed by atoms with van der Waals surface area (Å²) in [5.74, 6) is -0.323. The predicted octanol–water partition coefficient (Wildman–Crippen LogP) is 3.61. The first-order chi connectivity index (χ1) is 12.2. The Hall–Kier alpha value is -2.22. The summed E-state index contributed by atoms with van der Waals surface area (Å²) in [4.78, 5) is 21.0. The van der Waals surface area contributed by atoms with Gasteiger partial charge in [-0.25, -0.2) is 9.37 Å². The van der Waals surface area contributed by atoms with Crippen LogP contribution in [-0.4, -0.2) is 21.4 Å². The maximum atomic E-state index is 14.1. The fourth-order valence-corrected chi connectivity index (χ4v) is 3.13. The van der Waals surface area contributed by atoms with E-state index >= 15 is 0 Å². The van der Waals surface area contributed by atoms with E-state index in [2.05, 4.69) is 9.97 Å². The fourth-order valence-electron chi connectivity index (χ4n) is 3.13. The average molecular weight is 369 g/mol. The van der Waals surface area contributed by atoms with Crippen molar-refractivity contribution in [2.24, 2.45) is 0 Å². The largest absolute Gasteiger partial charge is 0.416 e. The first-order valence-electron chi connectivity index (χ1n) is 8.35. The van der Waals surface area contributed by atoms with Gasteiger partial charge in [-0.2, -0.15) is 13.2 Å². The topological polar surface area (TPSA) is 49.0 Å². The van der Waals surface area contributed by atoms with Crippen LogP contribution < -0.4 is 5.56 Å². The van der Waals surface area contributed by atoms with Crippen molar-refractivity contribution in [1.29, 1.82) is 0 Å². The quantitative estimate of drug-likeness (QED) is 0.841. The van der Waals surface area contributed by atoms with E-state index in [0.717, 1.165) is 18.2 Å².